The summed E-state index contributed by atoms with van der Waals surface area (Å²) in [6.45, 7) is 7.45. The Labute approximate surface area is 153 Å². The van der Waals surface area contributed by atoms with E-state index in [4.69, 9.17) is 4.74 Å². The number of anilines is 2. The molecule has 0 spiro atoms. The quantitative estimate of drug-likeness (QED) is 0.755. The summed E-state index contributed by atoms with van der Waals surface area (Å²) in [5, 5.41) is 4.08. The average molecular weight is 349 g/mol. The lowest BCUT2D eigenvalue weighted by atomic mass is 10.1. The normalized spacial score (nSPS) is 14.6. The molecule has 5 heteroatoms. The fourth-order valence-electron chi connectivity index (χ4n) is 3.38. The number of hydrogen-bond donors (Lipinski definition) is 2. The van der Waals surface area contributed by atoms with E-state index in [0.29, 0.717) is 5.56 Å². The Morgan fingerprint density at radius 3 is 2.54 bits per heavy atom. The number of nitrogens with one attached hydrogen (secondary N) is 2. The van der Waals surface area contributed by atoms with Crippen molar-refractivity contribution in [2.45, 2.75) is 13.8 Å². The highest BCUT2D eigenvalue weighted by Gasteiger charge is 2.12. The summed E-state index contributed by atoms with van der Waals surface area (Å²) in [6.07, 6.45) is 0. The standard InChI is InChI=1S/C21H23N3O2/c1-14-15(2)22-20-8-3-16(13-19(14)20)21(25)23-17-4-6-18(7-5-17)24-9-11-26-12-10-24/h3-8,13,22H,9-12H2,1-2H3,(H,23,25). The molecule has 134 valence electrons. The Balaban J connectivity index is 1.49. The van der Waals surface area contributed by atoms with Crippen LogP contribution in [0.1, 0.15) is 21.6 Å². The number of aryl methyl sites for hydroxylation is 2. The number of fused-ring (bicyclic) bond motifs is 1. The maximum absolute atomic E-state index is 12.6. The van der Waals surface area contributed by atoms with Crippen LogP contribution in [0.25, 0.3) is 10.9 Å². The average Bonchev–Trinajstić information content (AvgIpc) is 2.96. The van der Waals surface area contributed by atoms with Crippen LogP contribution in [0.4, 0.5) is 11.4 Å². The van der Waals surface area contributed by atoms with E-state index in [1.54, 1.807) is 0 Å². The van der Waals surface area contributed by atoms with Gasteiger partial charge in [0.05, 0.1) is 13.2 Å². The molecular weight excluding hydrogens is 326 g/mol. The predicted octanol–water partition coefficient (Wildman–Crippen LogP) is 3.87. The van der Waals surface area contributed by atoms with Crippen molar-refractivity contribution < 1.29 is 9.53 Å². The Morgan fingerprint density at radius 1 is 1.08 bits per heavy atom. The van der Waals surface area contributed by atoms with Gasteiger partial charge in [0.15, 0.2) is 0 Å². The number of aromatic amines is 1. The van der Waals surface area contributed by atoms with Crippen LogP contribution in [-0.2, 0) is 4.74 Å². The third kappa shape index (κ3) is 3.18. The lowest BCUT2D eigenvalue weighted by Gasteiger charge is -2.28. The summed E-state index contributed by atoms with van der Waals surface area (Å²) < 4.78 is 5.39. The highest BCUT2D eigenvalue weighted by atomic mass is 16.5. The number of H-pyrrole nitrogens is 1. The van der Waals surface area contributed by atoms with Gasteiger partial charge in [0.25, 0.3) is 5.91 Å². The minimum Gasteiger partial charge on any atom is -0.378 e. The van der Waals surface area contributed by atoms with E-state index in [9.17, 15) is 4.79 Å². The Hall–Kier alpha value is -2.79. The Kier molecular flexibility index (Phi) is 4.39. The van der Waals surface area contributed by atoms with Crippen molar-refractivity contribution in [3.8, 4) is 0 Å². The molecule has 1 aromatic heterocycles. The van der Waals surface area contributed by atoms with Gasteiger partial charge in [0.2, 0.25) is 0 Å². The molecule has 0 aliphatic carbocycles. The molecule has 0 saturated carbocycles. The number of amides is 1. The number of morpholine rings is 1. The third-order valence-electron chi connectivity index (χ3n) is 5.07. The van der Waals surface area contributed by atoms with Crippen LogP contribution in [0, 0.1) is 13.8 Å². The molecule has 1 aliphatic rings. The minimum atomic E-state index is -0.0933. The molecule has 4 rings (SSSR count). The van der Waals surface area contributed by atoms with Crippen molar-refractivity contribution in [1.82, 2.24) is 4.98 Å². The smallest absolute Gasteiger partial charge is 0.255 e. The van der Waals surface area contributed by atoms with Gasteiger partial charge < -0.3 is 19.9 Å². The largest absolute Gasteiger partial charge is 0.378 e. The van der Waals surface area contributed by atoms with E-state index in [1.807, 2.05) is 49.4 Å². The fraction of sp³-hybridized carbons (Fsp3) is 0.286. The molecular formula is C21H23N3O2. The fourth-order valence-corrected chi connectivity index (χ4v) is 3.38. The molecule has 1 saturated heterocycles. The number of carbonyl (C=O) groups is 1. The monoisotopic (exact) mass is 349 g/mol. The van der Waals surface area contributed by atoms with Crippen molar-refractivity contribution in [2.75, 3.05) is 36.5 Å². The van der Waals surface area contributed by atoms with Crippen molar-refractivity contribution in [3.05, 3.63) is 59.3 Å². The van der Waals surface area contributed by atoms with Gasteiger partial charge in [0, 0.05) is 46.6 Å². The van der Waals surface area contributed by atoms with Gasteiger partial charge in [-0.1, -0.05) is 0 Å². The Morgan fingerprint density at radius 2 is 1.81 bits per heavy atom. The predicted molar refractivity (Wildman–Crippen MR) is 105 cm³/mol. The first-order valence-corrected chi connectivity index (χ1v) is 8.95. The van der Waals surface area contributed by atoms with E-state index < -0.39 is 0 Å². The van der Waals surface area contributed by atoms with Crippen molar-refractivity contribution >= 4 is 28.2 Å². The Bertz CT molecular complexity index is 938. The SMILES string of the molecule is Cc1[nH]c2ccc(C(=O)Nc3ccc(N4CCOCC4)cc3)cc2c1C. The highest BCUT2D eigenvalue weighted by molar-refractivity contribution is 6.06. The number of nitrogens with zero attached hydrogens (tertiary/aromatic N) is 1. The van der Waals surface area contributed by atoms with E-state index in [-0.39, 0.29) is 5.91 Å². The maximum atomic E-state index is 12.6. The molecule has 2 aromatic carbocycles. The lowest BCUT2D eigenvalue weighted by Crippen LogP contribution is -2.36. The molecule has 3 aromatic rings. The van der Waals surface area contributed by atoms with Gasteiger partial charge in [-0.25, -0.2) is 0 Å². The van der Waals surface area contributed by atoms with Gasteiger partial charge in [0.1, 0.15) is 0 Å². The summed E-state index contributed by atoms with van der Waals surface area (Å²) in [4.78, 5) is 18.2. The first-order valence-electron chi connectivity index (χ1n) is 8.95. The molecule has 1 aliphatic heterocycles. The number of hydrogen-bond acceptors (Lipinski definition) is 3. The van der Waals surface area contributed by atoms with E-state index in [1.165, 1.54) is 5.56 Å². The molecule has 1 fully saturated rings. The van der Waals surface area contributed by atoms with Crippen LogP contribution in [0.15, 0.2) is 42.5 Å². The molecule has 2 heterocycles. The molecule has 2 N–H and O–H groups in total. The van der Waals surface area contributed by atoms with Gasteiger partial charge in [-0.2, -0.15) is 0 Å². The van der Waals surface area contributed by atoms with Crippen LogP contribution in [0.2, 0.25) is 0 Å². The topological polar surface area (TPSA) is 57.4 Å². The first kappa shape index (κ1) is 16.7. The van der Waals surface area contributed by atoms with E-state index in [0.717, 1.165) is 54.3 Å². The third-order valence-corrected chi connectivity index (χ3v) is 5.07. The van der Waals surface area contributed by atoms with Crippen LogP contribution in [-0.4, -0.2) is 37.2 Å². The summed E-state index contributed by atoms with van der Waals surface area (Å²) in [5.74, 6) is -0.0933. The lowest BCUT2D eigenvalue weighted by molar-refractivity contribution is 0.102. The van der Waals surface area contributed by atoms with Crippen molar-refractivity contribution in [3.63, 3.8) is 0 Å². The van der Waals surface area contributed by atoms with Gasteiger partial charge in [-0.05, 0) is 61.9 Å². The molecule has 0 atom stereocenters. The number of aromatic nitrogens is 1. The number of carbonyl (C=O) groups excluding carboxylic acids is 1. The molecule has 0 radical (unpaired) electrons. The second kappa shape index (κ2) is 6.84. The van der Waals surface area contributed by atoms with Crippen molar-refractivity contribution in [1.29, 1.82) is 0 Å². The second-order valence-corrected chi connectivity index (χ2v) is 6.74. The van der Waals surface area contributed by atoms with Gasteiger partial charge >= 0.3 is 0 Å². The minimum absolute atomic E-state index is 0.0933. The second-order valence-electron chi connectivity index (χ2n) is 6.74. The van der Waals surface area contributed by atoms with Gasteiger partial charge in [-0.3, -0.25) is 4.79 Å². The molecule has 0 bridgehead atoms. The van der Waals surface area contributed by atoms with Crippen LogP contribution in [0.3, 0.4) is 0 Å². The molecule has 5 nitrogen and oxygen atoms in total. The molecule has 1 amide bonds. The molecule has 26 heavy (non-hydrogen) atoms. The zero-order valence-corrected chi connectivity index (χ0v) is 15.1. The zero-order chi connectivity index (χ0) is 18.1. The zero-order valence-electron chi connectivity index (χ0n) is 15.1. The maximum Gasteiger partial charge on any atom is 0.255 e. The van der Waals surface area contributed by atoms with E-state index in [2.05, 4.69) is 22.1 Å². The summed E-state index contributed by atoms with van der Waals surface area (Å²) >= 11 is 0. The van der Waals surface area contributed by atoms with Crippen molar-refractivity contribution in [2.24, 2.45) is 0 Å². The molecule has 0 unspecified atom stereocenters. The van der Waals surface area contributed by atoms with Crippen LogP contribution in [0.5, 0.6) is 0 Å². The van der Waals surface area contributed by atoms with E-state index >= 15 is 0 Å². The number of ether oxygens (including phenoxy) is 1. The summed E-state index contributed by atoms with van der Waals surface area (Å²) in [5.41, 5.74) is 6.00. The summed E-state index contributed by atoms with van der Waals surface area (Å²) in [6, 6.07) is 13.8. The van der Waals surface area contributed by atoms with Crippen LogP contribution >= 0.6 is 0 Å². The number of rotatable bonds is 3. The highest BCUT2D eigenvalue weighted by Crippen LogP contribution is 2.23. The van der Waals surface area contributed by atoms with Gasteiger partial charge in [-0.15, -0.1) is 0 Å². The van der Waals surface area contributed by atoms with Crippen LogP contribution < -0.4 is 10.2 Å². The first-order chi connectivity index (χ1) is 12.6. The summed E-state index contributed by atoms with van der Waals surface area (Å²) in [7, 11) is 0. The number of benzene rings is 2.